The van der Waals surface area contributed by atoms with Crippen LogP contribution in [0.4, 0.5) is 0 Å². The first-order chi connectivity index (χ1) is 7.25. The fourth-order valence-electron chi connectivity index (χ4n) is 2.59. The lowest BCUT2D eigenvalue weighted by atomic mass is 9.97. The lowest BCUT2D eigenvalue weighted by Crippen LogP contribution is -2.44. The van der Waals surface area contributed by atoms with E-state index < -0.39 is 0 Å². The summed E-state index contributed by atoms with van der Waals surface area (Å²) in [5.41, 5.74) is 0. The van der Waals surface area contributed by atoms with Gasteiger partial charge in [-0.15, -0.1) is 0 Å². The van der Waals surface area contributed by atoms with Crippen LogP contribution in [0.5, 0.6) is 0 Å². The van der Waals surface area contributed by atoms with Crippen molar-refractivity contribution in [2.45, 2.75) is 70.9 Å². The molecule has 1 heterocycles. The van der Waals surface area contributed by atoms with Gasteiger partial charge in [-0.3, -0.25) is 4.90 Å². The molecular formula is C13H24N2. The third-order valence-electron chi connectivity index (χ3n) is 3.58. The molecule has 1 aliphatic rings. The summed E-state index contributed by atoms with van der Waals surface area (Å²) < 4.78 is 0. The SMILES string of the molecule is C[C@H]1CCC[C@H](C)N1CCCCCC#N. The summed E-state index contributed by atoms with van der Waals surface area (Å²) in [6.45, 7) is 5.93. The van der Waals surface area contributed by atoms with Crippen molar-refractivity contribution in [1.29, 1.82) is 5.26 Å². The number of unbranched alkanes of at least 4 members (excludes halogenated alkanes) is 3. The van der Waals surface area contributed by atoms with Crippen molar-refractivity contribution in [2.24, 2.45) is 0 Å². The van der Waals surface area contributed by atoms with E-state index in [1.54, 1.807) is 0 Å². The van der Waals surface area contributed by atoms with Crippen LogP contribution in [0.3, 0.4) is 0 Å². The average molecular weight is 208 g/mol. The number of likely N-dealkylation sites (tertiary alicyclic amines) is 1. The van der Waals surface area contributed by atoms with Gasteiger partial charge < -0.3 is 0 Å². The maximum atomic E-state index is 8.44. The minimum atomic E-state index is 0.727. The standard InChI is InChI=1S/C13H24N2/c1-12-8-7-9-13(2)15(12)11-6-4-3-5-10-14/h12-13H,3-9,11H2,1-2H3/t12-,13-/m0/s1. The van der Waals surface area contributed by atoms with Gasteiger partial charge in [0.05, 0.1) is 6.07 Å². The molecule has 0 aromatic rings. The second-order valence-corrected chi connectivity index (χ2v) is 4.84. The molecule has 0 aliphatic carbocycles. The number of piperidine rings is 1. The van der Waals surface area contributed by atoms with Crippen LogP contribution in [0.1, 0.15) is 58.8 Å². The average Bonchev–Trinajstić information content (AvgIpc) is 2.21. The topological polar surface area (TPSA) is 27.0 Å². The fourth-order valence-corrected chi connectivity index (χ4v) is 2.59. The van der Waals surface area contributed by atoms with Gasteiger partial charge in [0.1, 0.15) is 0 Å². The van der Waals surface area contributed by atoms with E-state index in [9.17, 15) is 0 Å². The van der Waals surface area contributed by atoms with E-state index in [1.165, 1.54) is 38.6 Å². The third-order valence-corrected chi connectivity index (χ3v) is 3.58. The molecule has 0 N–H and O–H groups in total. The highest BCUT2D eigenvalue weighted by atomic mass is 15.2. The Balaban J connectivity index is 2.15. The van der Waals surface area contributed by atoms with E-state index in [-0.39, 0.29) is 0 Å². The highest BCUT2D eigenvalue weighted by Gasteiger charge is 2.23. The first kappa shape index (κ1) is 12.5. The first-order valence-corrected chi connectivity index (χ1v) is 6.38. The van der Waals surface area contributed by atoms with Gasteiger partial charge in [0.15, 0.2) is 0 Å². The number of hydrogen-bond acceptors (Lipinski definition) is 2. The molecule has 0 spiro atoms. The normalized spacial score (nSPS) is 27.5. The smallest absolute Gasteiger partial charge is 0.0621 e. The van der Waals surface area contributed by atoms with Gasteiger partial charge in [-0.1, -0.05) is 12.8 Å². The molecule has 0 amide bonds. The zero-order valence-electron chi connectivity index (χ0n) is 10.2. The minimum Gasteiger partial charge on any atom is -0.298 e. The zero-order valence-corrected chi connectivity index (χ0v) is 10.2. The minimum absolute atomic E-state index is 0.727. The van der Waals surface area contributed by atoms with Gasteiger partial charge in [0, 0.05) is 18.5 Å². The molecule has 0 bridgehead atoms. The molecule has 0 unspecified atom stereocenters. The lowest BCUT2D eigenvalue weighted by Gasteiger charge is -2.39. The van der Waals surface area contributed by atoms with Gasteiger partial charge in [-0.05, 0) is 46.1 Å². The predicted octanol–water partition coefficient (Wildman–Crippen LogP) is 3.33. The highest BCUT2D eigenvalue weighted by Crippen LogP contribution is 2.22. The molecule has 1 aliphatic heterocycles. The maximum Gasteiger partial charge on any atom is 0.0621 e. The zero-order chi connectivity index (χ0) is 11.1. The van der Waals surface area contributed by atoms with E-state index in [4.69, 9.17) is 5.26 Å². The van der Waals surface area contributed by atoms with Gasteiger partial charge in [-0.2, -0.15) is 5.26 Å². The van der Waals surface area contributed by atoms with Crippen molar-refractivity contribution >= 4 is 0 Å². The van der Waals surface area contributed by atoms with E-state index in [2.05, 4.69) is 24.8 Å². The molecule has 0 saturated carbocycles. The van der Waals surface area contributed by atoms with E-state index in [1.807, 2.05) is 0 Å². The summed E-state index contributed by atoms with van der Waals surface area (Å²) in [6.07, 6.45) is 8.40. The number of rotatable bonds is 5. The molecular weight excluding hydrogens is 184 g/mol. The number of hydrogen-bond donors (Lipinski definition) is 0. The van der Waals surface area contributed by atoms with Crippen LogP contribution in [-0.2, 0) is 0 Å². The Kier molecular flexibility index (Phi) is 5.71. The molecule has 0 aromatic carbocycles. The fraction of sp³-hybridized carbons (Fsp3) is 0.923. The van der Waals surface area contributed by atoms with Crippen molar-refractivity contribution in [1.82, 2.24) is 4.90 Å². The molecule has 1 saturated heterocycles. The quantitative estimate of drug-likeness (QED) is 0.648. The van der Waals surface area contributed by atoms with Crippen LogP contribution in [0.2, 0.25) is 0 Å². The molecule has 2 atom stereocenters. The molecule has 0 aromatic heterocycles. The molecule has 1 rings (SSSR count). The van der Waals surface area contributed by atoms with E-state index >= 15 is 0 Å². The first-order valence-electron chi connectivity index (χ1n) is 6.38. The largest absolute Gasteiger partial charge is 0.298 e. The Bertz CT molecular complexity index is 197. The molecule has 86 valence electrons. The Morgan fingerprint density at radius 2 is 1.80 bits per heavy atom. The summed E-state index contributed by atoms with van der Waals surface area (Å²) >= 11 is 0. The second kappa shape index (κ2) is 6.85. The Morgan fingerprint density at radius 3 is 2.40 bits per heavy atom. The highest BCUT2D eigenvalue weighted by molar-refractivity contribution is 4.79. The van der Waals surface area contributed by atoms with E-state index in [0.29, 0.717) is 0 Å². The Hall–Kier alpha value is -0.550. The van der Waals surface area contributed by atoms with Gasteiger partial charge in [-0.25, -0.2) is 0 Å². The van der Waals surface area contributed by atoms with Crippen LogP contribution >= 0.6 is 0 Å². The van der Waals surface area contributed by atoms with Crippen LogP contribution in [0.15, 0.2) is 0 Å². The number of nitrogens with zero attached hydrogens (tertiary/aromatic N) is 2. The van der Waals surface area contributed by atoms with Crippen LogP contribution in [-0.4, -0.2) is 23.5 Å². The van der Waals surface area contributed by atoms with Crippen molar-refractivity contribution in [3.63, 3.8) is 0 Å². The predicted molar refractivity (Wildman–Crippen MR) is 63.6 cm³/mol. The van der Waals surface area contributed by atoms with Crippen LogP contribution in [0.25, 0.3) is 0 Å². The van der Waals surface area contributed by atoms with Crippen molar-refractivity contribution < 1.29 is 0 Å². The molecule has 0 radical (unpaired) electrons. The monoisotopic (exact) mass is 208 g/mol. The van der Waals surface area contributed by atoms with E-state index in [0.717, 1.165) is 24.9 Å². The van der Waals surface area contributed by atoms with Gasteiger partial charge in [0.2, 0.25) is 0 Å². The third kappa shape index (κ3) is 4.22. The maximum absolute atomic E-state index is 8.44. The van der Waals surface area contributed by atoms with Crippen molar-refractivity contribution in [2.75, 3.05) is 6.54 Å². The van der Waals surface area contributed by atoms with Crippen molar-refractivity contribution in [3.8, 4) is 6.07 Å². The Morgan fingerprint density at radius 1 is 1.13 bits per heavy atom. The molecule has 2 heteroatoms. The molecule has 15 heavy (non-hydrogen) atoms. The second-order valence-electron chi connectivity index (χ2n) is 4.84. The van der Waals surface area contributed by atoms with Gasteiger partial charge in [0.25, 0.3) is 0 Å². The van der Waals surface area contributed by atoms with Crippen LogP contribution < -0.4 is 0 Å². The molecule has 2 nitrogen and oxygen atoms in total. The molecule has 1 fully saturated rings. The Labute approximate surface area is 94.3 Å². The lowest BCUT2D eigenvalue weighted by molar-refractivity contribution is 0.101. The van der Waals surface area contributed by atoms with Gasteiger partial charge >= 0.3 is 0 Å². The summed E-state index contributed by atoms with van der Waals surface area (Å²) in [6, 6.07) is 3.75. The summed E-state index contributed by atoms with van der Waals surface area (Å²) in [4.78, 5) is 2.65. The summed E-state index contributed by atoms with van der Waals surface area (Å²) in [5.74, 6) is 0. The van der Waals surface area contributed by atoms with Crippen LogP contribution in [0, 0.1) is 11.3 Å². The number of nitriles is 1. The summed E-state index contributed by atoms with van der Waals surface area (Å²) in [7, 11) is 0. The van der Waals surface area contributed by atoms with Crippen molar-refractivity contribution in [3.05, 3.63) is 0 Å². The summed E-state index contributed by atoms with van der Waals surface area (Å²) in [5, 5.41) is 8.44.